The summed E-state index contributed by atoms with van der Waals surface area (Å²) in [7, 11) is 0. The summed E-state index contributed by atoms with van der Waals surface area (Å²) >= 11 is 0. The van der Waals surface area contributed by atoms with Crippen molar-refractivity contribution in [2.75, 3.05) is 31.6 Å². The Labute approximate surface area is 143 Å². The minimum Gasteiger partial charge on any atom is -0.378 e. The molecule has 0 bridgehead atoms. The van der Waals surface area contributed by atoms with E-state index in [1.54, 1.807) is 17.0 Å². The smallest absolute Gasteiger partial charge is 0.256 e. The van der Waals surface area contributed by atoms with E-state index in [1.165, 1.54) is 25.7 Å². The zero-order valence-electron chi connectivity index (χ0n) is 14.1. The summed E-state index contributed by atoms with van der Waals surface area (Å²) in [5.41, 5.74) is 1.18. The minimum atomic E-state index is -0.0370. The van der Waals surface area contributed by atoms with E-state index in [4.69, 9.17) is 4.74 Å². The Morgan fingerprint density at radius 3 is 2.58 bits per heavy atom. The van der Waals surface area contributed by atoms with E-state index in [2.05, 4.69) is 5.32 Å². The van der Waals surface area contributed by atoms with Gasteiger partial charge in [0.25, 0.3) is 5.91 Å². The van der Waals surface area contributed by atoms with Gasteiger partial charge in [0.05, 0.1) is 24.5 Å². The molecule has 0 atom stereocenters. The number of anilines is 1. The lowest BCUT2D eigenvalue weighted by atomic mass is 10.0. The first-order valence-electron chi connectivity index (χ1n) is 9.00. The molecule has 1 N–H and O–H groups in total. The first kappa shape index (κ1) is 17.0. The number of rotatable bonds is 5. The fourth-order valence-corrected chi connectivity index (χ4v) is 3.56. The number of ether oxygens (including phenoxy) is 1. The molecule has 1 saturated heterocycles. The predicted octanol–water partition coefficient (Wildman–Crippen LogP) is 3.07. The largest absolute Gasteiger partial charge is 0.378 e. The van der Waals surface area contributed by atoms with Crippen molar-refractivity contribution in [3.63, 3.8) is 0 Å². The third kappa shape index (κ3) is 4.35. The fraction of sp³-hybridized carbons (Fsp3) is 0.579. The van der Waals surface area contributed by atoms with Crippen molar-refractivity contribution in [2.45, 2.75) is 38.5 Å². The maximum atomic E-state index is 12.7. The van der Waals surface area contributed by atoms with Crippen LogP contribution in [0.25, 0.3) is 0 Å². The molecule has 130 valence electrons. The van der Waals surface area contributed by atoms with E-state index in [9.17, 15) is 9.59 Å². The molecular weight excluding hydrogens is 304 g/mol. The van der Waals surface area contributed by atoms with Crippen LogP contribution in [0.3, 0.4) is 0 Å². The lowest BCUT2D eigenvalue weighted by Crippen LogP contribution is -2.41. The molecule has 1 aromatic carbocycles. The zero-order chi connectivity index (χ0) is 16.8. The maximum Gasteiger partial charge on any atom is 0.256 e. The average Bonchev–Trinajstić information content (AvgIpc) is 3.14. The van der Waals surface area contributed by atoms with Crippen LogP contribution in [0.2, 0.25) is 0 Å². The van der Waals surface area contributed by atoms with Crippen molar-refractivity contribution in [1.29, 1.82) is 0 Å². The number of para-hydroxylation sites is 1. The molecule has 2 fully saturated rings. The number of benzene rings is 1. The van der Waals surface area contributed by atoms with Gasteiger partial charge >= 0.3 is 0 Å². The van der Waals surface area contributed by atoms with Crippen LogP contribution in [0, 0.1) is 5.92 Å². The molecule has 1 heterocycles. The molecule has 5 heteroatoms. The van der Waals surface area contributed by atoms with Gasteiger partial charge in [-0.1, -0.05) is 37.8 Å². The third-order valence-corrected chi connectivity index (χ3v) is 4.98. The highest BCUT2D eigenvalue weighted by molar-refractivity contribution is 6.03. The van der Waals surface area contributed by atoms with Gasteiger partial charge in [-0.2, -0.15) is 0 Å². The molecule has 1 aliphatic carbocycles. The van der Waals surface area contributed by atoms with Gasteiger partial charge in [-0.05, 0) is 24.5 Å². The molecule has 24 heavy (non-hydrogen) atoms. The molecule has 1 aliphatic heterocycles. The lowest BCUT2D eigenvalue weighted by molar-refractivity contribution is -0.116. The number of nitrogens with one attached hydrogen (secondary N) is 1. The van der Waals surface area contributed by atoms with Crippen LogP contribution in [0.4, 0.5) is 5.69 Å². The summed E-state index contributed by atoms with van der Waals surface area (Å²) in [4.78, 5) is 26.7. The number of morpholine rings is 1. The summed E-state index contributed by atoms with van der Waals surface area (Å²) in [5.74, 6) is 0.662. The van der Waals surface area contributed by atoms with Gasteiger partial charge in [0.15, 0.2) is 0 Å². The Kier molecular flexibility index (Phi) is 5.86. The van der Waals surface area contributed by atoms with E-state index in [-0.39, 0.29) is 11.8 Å². The highest BCUT2D eigenvalue weighted by Gasteiger charge is 2.22. The number of carbonyl (C=O) groups excluding carboxylic acids is 2. The summed E-state index contributed by atoms with van der Waals surface area (Å²) in [6.45, 7) is 2.34. The normalized spacial score (nSPS) is 18.6. The Morgan fingerprint density at radius 1 is 1.12 bits per heavy atom. The van der Waals surface area contributed by atoms with Gasteiger partial charge < -0.3 is 15.0 Å². The predicted molar refractivity (Wildman–Crippen MR) is 93.0 cm³/mol. The highest BCUT2D eigenvalue weighted by Crippen LogP contribution is 2.28. The quantitative estimate of drug-likeness (QED) is 0.902. The van der Waals surface area contributed by atoms with Crippen molar-refractivity contribution < 1.29 is 14.3 Å². The van der Waals surface area contributed by atoms with Crippen molar-refractivity contribution in [1.82, 2.24) is 4.90 Å². The van der Waals surface area contributed by atoms with Crippen LogP contribution in [0.5, 0.6) is 0 Å². The number of hydrogen-bond acceptors (Lipinski definition) is 3. The number of nitrogens with zero attached hydrogens (tertiary/aromatic N) is 1. The van der Waals surface area contributed by atoms with Gasteiger partial charge in [-0.15, -0.1) is 0 Å². The third-order valence-electron chi connectivity index (χ3n) is 4.98. The van der Waals surface area contributed by atoms with Crippen LogP contribution in [0.15, 0.2) is 24.3 Å². The number of amides is 2. The van der Waals surface area contributed by atoms with Gasteiger partial charge in [0, 0.05) is 19.5 Å². The molecule has 0 radical (unpaired) electrons. The van der Waals surface area contributed by atoms with Crippen LogP contribution in [-0.2, 0) is 9.53 Å². The molecular formula is C19H26N2O3. The van der Waals surface area contributed by atoms with E-state index in [0.717, 1.165) is 6.42 Å². The van der Waals surface area contributed by atoms with Crippen molar-refractivity contribution in [3.05, 3.63) is 29.8 Å². The van der Waals surface area contributed by atoms with Crippen LogP contribution in [-0.4, -0.2) is 43.0 Å². The van der Waals surface area contributed by atoms with Gasteiger partial charge in [0.2, 0.25) is 5.91 Å². The Balaban J connectivity index is 1.60. The summed E-state index contributed by atoms with van der Waals surface area (Å²) in [6, 6.07) is 7.27. The second kappa shape index (κ2) is 8.29. The summed E-state index contributed by atoms with van der Waals surface area (Å²) in [5, 5.41) is 2.94. The van der Waals surface area contributed by atoms with Crippen LogP contribution >= 0.6 is 0 Å². The first-order valence-corrected chi connectivity index (χ1v) is 9.00. The van der Waals surface area contributed by atoms with E-state index in [0.29, 0.717) is 49.9 Å². The fourth-order valence-electron chi connectivity index (χ4n) is 3.56. The Hall–Kier alpha value is -1.88. The van der Waals surface area contributed by atoms with E-state index < -0.39 is 0 Å². The second-order valence-electron chi connectivity index (χ2n) is 6.69. The molecule has 5 nitrogen and oxygen atoms in total. The summed E-state index contributed by atoms with van der Waals surface area (Å²) < 4.78 is 5.30. The molecule has 2 amide bonds. The molecule has 1 aromatic rings. The average molecular weight is 330 g/mol. The molecule has 1 saturated carbocycles. The SMILES string of the molecule is O=C(CCC1CCCC1)Nc1ccccc1C(=O)N1CCOCC1. The minimum absolute atomic E-state index is 0.00382. The zero-order valence-corrected chi connectivity index (χ0v) is 14.1. The standard InChI is InChI=1S/C19H26N2O3/c22-18(10-9-15-5-1-2-6-15)20-17-8-4-3-7-16(17)19(23)21-11-13-24-14-12-21/h3-4,7-8,15H,1-2,5-6,9-14H2,(H,20,22). The molecule has 0 unspecified atom stereocenters. The van der Waals surface area contributed by atoms with Crippen molar-refractivity contribution >= 4 is 17.5 Å². The molecule has 0 spiro atoms. The van der Waals surface area contributed by atoms with Crippen molar-refractivity contribution in [3.8, 4) is 0 Å². The van der Waals surface area contributed by atoms with E-state index in [1.807, 2.05) is 12.1 Å². The van der Waals surface area contributed by atoms with Crippen LogP contribution < -0.4 is 5.32 Å². The van der Waals surface area contributed by atoms with Gasteiger partial charge in [-0.25, -0.2) is 0 Å². The first-order chi connectivity index (χ1) is 11.7. The number of hydrogen-bond donors (Lipinski definition) is 1. The van der Waals surface area contributed by atoms with Gasteiger partial charge in [-0.3, -0.25) is 9.59 Å². The van der Waals surface area contributed by atoms with Gasteiger partial charge in [0.1, 0.15) is 0 Å². The monoisotopic (exact) mass is 330 g/mol. The maximum absolute atomic E-state index is 12.7. The van der Waals surface area contributed by atoms with Crippen LogP contribution in [0.1, 0.15) is 48.9 Å². The molecule has 2 aliphatic rings. The lowest BCUT2D eigenvalue weighted by Gasteiger charge is -2.27. The molecule has 0 aromatic heterocycles. The topological polar surface area (TPSA) is 58.6 Å². The molecule has 3 rings (SSSR count). The Bertz CT molecular complexity index is 576. The van der Waals surface area contributed by atoms with E-state index >= 15 is 0 Å². The second-order valence-corrected chi connectivity index (χ2v) is 6.69. The summed E-state index contributed by atoms with van der Waals surface area (Å²) in [6.07, 6.45) is 6.57. The highest BCUT2D eigenvalue weighted by atomic mass is 16.5. The number of carbonyl (C=O) groups is 2. The Morgan fingerprint density at radius 2 is 1.83 bits per heavy atom. The van der Waals surface area contributed by atoms with Crippen molar-refractivity contribution in [2.24, 2.45) is 5.92 Å².